The molecule has 0 aliphatic carbocycles. The van der Waals surface area contributed by atoms with Crippen LogP contribution >= 0.6 is 35.0 Å². The molecular formula is C20H16Cl2FN3O2S. The number of nitrogens with zero attached hydrogens (tertiary/aromatic N) is 2. The molecule has 0 radical (unpaired) electrons. The van der Waals surface area contributed by atoms with Gasteiger partial charge in [-0.3, -0.25) is 4.79 Å². The smallest absolute Gasteiger partial charge is 0.264 e. The van der Waals surface area contributed by atoms with E-state index in [1.807, 2.05) is 4.90 Å². The number of carbonyl (C=O) groups excluding carboxylic acids is 1. The number of ether oxygens (including phenoxy) is 1. The van der Waals surface area contributed by atoms with Crippen molar-refractivity contribution in [1.29, 1.82) is 0 Å². The first-order valence-electron chi connectivity index (χ1n) is 8.87. The standard InChI is InChI=1S/C20H16Cl2FN3O2S/c21-13-2-1-3-15(18(13)22)24-20-25-19(27)17(29-20)11-12-4-5-16(14(23)10-12)26-6-8-28-9-7-26/h1-5,10-11H,6-9H2,(H,24,25,27)/b17-11-. The average Bonchev–Trinajstić information content (AvgIpc) is 3.05. The minimum Gasteiger partial charge on any atom is -0.378 e. The van der Waals surface area contributed by atoms with Crippen LogP contribution in [0.4, 0.5) is 15.8 Å². The highest BCUT2D eigenvalue weighted by molar-refractivity contribution is 8.18. The molecule has 2 aromatic rings. The number of anilines is 1. The quantitative estimate of drug-likeness (QED) is 0.676. The molecule has 1 N–H and O–H groups in total. The molecule has 0 aromatic heterocycles. The van der Waals surface area contributed by atoms with Crippen LogP contribution < -0.4 is 10.2 Å². The van der Waals surface area contributed by atoms with Crippen LogP contribution in [0, 0.1) is 5.82 Å². The van der Waals surface area contributed by atoms with Gasteiger partial charge in [0.05, 0.1) is 39.5 Å². The van der Waals surface area contributed by atoms with Gasteiger partial charge in [-0.25, -0.2) is 9.38 Å². The van der Waals surface area contributed by atoms with E-state index in [1.54, 1.807) is 36.4 Å². The van der Waals surface area contributed by atoms with Gasteiger partial charge in [0, 0.05) is 13.1 Å². The fourth-order valence-corrected chi connectivity index (χ4v) is 4.17. The molecule has 2 aliphatic rings. The van der Waals surface area contributed by atoms with E-state index < -0.39 is 0 Å². The molecule has 4 rings (SSSR count). The summed E-state index contributed by atoms with van der Waals surface area (Å²) < 4.78 is 19.9. The van der Waals surface area contributed by atoms with Crippen LogP contribution in [-0.2, 0) is 9.53 Å². The summed E-state index contributed by atoms with van der Waals surface area (Å²) in [5.41, 5.74) is 1.60. The summed E-state index contributed by atoms with van der Waals surface area (Å²) >= 11 is 13.3. The Balaban J connectivity index is 1.54. The van der Waals surface area contributed by atoms with Gasteiger partial charge in [-0.2, -0.15) is 0 Å². The largest absolute Gasteiger partial charge is 0.378 e. The summed E-state index contributed by atoms with van der Waals surface area (Å²) in [6, 6.07) is 10.0. The maximum absolute atomic E-state index is 14.6. The molecule has 0 bridgehead atoms. The zero-order valence-electron chi connectivity index (χ0n) is 15.1. The Morgan fingerprint density at radius 1 is 1.21 bits per heavy atom. The summed E-state index contributed by atoms with van der Waals surface area (Å²) in [4.78, 5) is 19.0. The summed E-state index contributed by atoms with van der Waals surface area (Å²) in [5, 5.41) is 3.77. The monoisotopic (exact) mass is 451 g/mol. The van der Waals surface area contributed by atoms with Gasteiger partial charge in [0.15, 0.2) is 5.17 Å². The Morgan fingerprint density at radius 3 is 2.76 bits per heavy atom. The van der Waals surface area contributed by atoms with Crippen molar-refractivity contribution in [3.8, 4) is 0 Å². The van der Waals surface area contributed by atoms with E-state index in [9.17, 15) is 9.18 Å². The van der Waals surface area contributed by atoms with Gasteiger partial charge in [-0.05, 0) is 47.7 Å². The molecule has 2 aliphatic heterocycles. The SMILES string of the molecule is O=C1NC(=Nc2cccc(Cl)c2Cl)S/C1=C\c1ccc(N2CCOCC2)c(F)c1. The highest BCUT2D eigenvalue weighted by Crippen LogP contribution is 2.34. The number of hydrogen-bond donors (Lipinski definition) is 1. The zero-order valence-corrected chi connectivity index (χ0v) is 17.5. The first-order chi connectivity index (χ1) is 14.0. The fourth-order valence-electron chi connectivity index (χ4n) is 2.99. The average molecular weight is 452 g/mol. The van der Waals surface area contributed by atoms with Gasteiger partial charge in [0.2, 0.25) is 0 Å². The fraction of sp³-hybridized carbons (Fsp3) is 0.200. The van der Waals surface area contributed by atoms with Crippen LogP contribution in [0.5, 0.6) is 0 Å². The second kappa shape index (κ2) is 8.75. The number of morpholine rings is 1. The third-order valence-corrected chi connectivity index (χ3v) is 6.14. The lowest BCUT2D eigenvalue weighted by atomic mass is 10.1. The van der Waals surface area contributed by atoms with Crippen molar-refractivity contribution in [3.05, 3.63) is 62.7 Å². The Hall–Kier alpha value is -2.06. The number of amides is 1. The Morgan fingerprint density at radius 2 is 2.00 bits per heavy atom. The minimum atomic E-state index is -0.329. The summed E-state index contributed by atoms with van der Waals surface area (Å²) in [6.07, 6.45) is 1.63. The molecular weight excluding hydrogens is 436 g/mol. The van der Waals surface area contributed by atoms with Crippen molar-refractivity contribution in [2.75, 3.05) is 31.2 Å². The van der Waals surface area contributed by atoms with E-state index in [4.69, 9.17) is 27.9 Å². The molecule has 29 heavy (non-hydrogen) atoms. The predicted molar refractivity (Wildman–Crippen MR) is 117 cm³/mol. The van der Waals surface area contributed by atoms with Crippen molar-refractivity contribution in [2.45, 2.75) is 0 Å². The number of nitrogens with one attached hydrogen (secondary N) is 1. The number of amidine groups is 1. The third kappa shape index (κ3) is 4.59. The molecule has 2 saturated heterocycles. The molecule has 150 valence electrons. The number of benzene rings is 2. The lowest BCUT2D eigenvalue weighted by Crippen LogP contribution is -2.36. The molecule has 2 fully saturated rings. The van der Waals surface area contributed by atoms with E-state index in [-0.39, 0.29) is 11.7 Å². The highest BCUT2D eigenvalue weighted by Gasteiger charge is 2.24. The van der Waals surface area contributed by atoms with Crippen LogP contribution in [0.2, 0.25) is 10.0 Å². The molecule has 0 unspecified atom stereocenters. The number of aliphatic imine (C=N–C) groups is 1. The highest BCUT2D eigenvalue weighted by atomic mass is 35.5. The lowest BCUT2D eigenvalue weighted by molar-refractivity contribution is -0.115. The Labute approximate surface area is 181 Å². The summed E-state index contributed by atoms with van der Waals surface area (Å²) in [7, 11) is 0. The first kappa shape index (κ1) is 20.2. The van der Waals surface area contributed by atoms with Crippen molar-refractivity contribution in [3.63, 3.8) is 0 Å². The number of carbonyl (C=O) groups is 1. The van der Waals surface area contributed by atoms with Crippen LogP contribution in [0.1, 0.15) is 5.56 Å². The van der Waals surface area contributed by atoms with Crippen LogP contribution in [0.3, 0.4) is 0 Å². The van der Waals surface area contributed by atoms with E-state index in [2.05, 4.69) is 10.3 Å². The van der Waals surface area contributed by atoms with Gasteiger partial charge in [-0.1, -0.05) is 35.3 Å². The van der Waals surface area contributed by atoms with Crippen LogP contribution in [0.25, 0.3) is 6.08 Å². The molecule has 5 nitrogen and oxygen atoms in total. The molecule has 9 heteroatoms. The van der Waals surface area contributed by atoms with Gasteiger partial charge in [-0.15, -0.1) is 0 Å². The van der Waals surface area contributed by atoms with E-state index >= 15 is 0 Å². The van der Waals surface area contributed by atoms with Crippen molar-refractivity contribution in [2.24, 2.45) is 4.99 Å². The van der Waals surface area contributed by atoms with Crippen LogP contribution in [0.15, 0.2) is 46.3 Å². The number of rotatable bonds is 3. The molecule has 0 saturated carbocycles. The van der Waals surface area contributed by atoms with Crippen LogP contribution in [-0.4, -0.2) is 37.4 Å². The third-order valence-electron chi connectivity index (χ3n) is 4.43. The lowest BCUT2D eigenvalue weighted by Gasteiger charge is -2.29. The van der Waals surface area contributed by atoms with E-state index in [0.29, 0.717) is 63.4 Å². The first-order valence-corrected chi connectivity index (χ1v) is 10.4. The van der Waals surface area contributed by atoms with E-state index in [0.717, 1.165) is 11.8 Å². The molecule has 1 amide bonds. The van der Waals surface area contributed by atoms with Crippen molar-refractivity contribution >= 4 is 63.5 Å². The van der Waals surface area contributed by atoms with Crippen molar-refractivity contribution in [1.82, 2.24) is 5.32 Å². The second-order valence-electron chi connectivity index (χ2n) is 6.36. The predicted octanol–water partition coefficient (Wildman–Crippen LogP) is 4.86. The zero-order chi connectivity index (χ0) is 20.4. The Bertz CT molecular complexity index is 1020. The van der Waals surface area contributed by atoms with Gasteiger partial charge >= 0.3 is 0 Å². The molecule has 0 spiro atoms. The number of hydrogen-bond acceptors (Lipinski definition) is 5. The number of halogens is 3. The van der Waals surface area contributed by atoms with E-state index in [1.165, 1.54) is 6.07 Å². The van der Waals surface area contributed by atoms with Crippen molar-refractivity contribution < 1.29 is 13.9 Å². The maximum Gasteiger partial charge on any atom is 0.264 e. The maximum atomic E-state index is 14.6. The Kier molecular flexibility index (Phi) is 6.10. The topological polar surface area (TPSA) is 53.9 Å². The minimum absolute atomic E-state index is 0.301. The number of thioether (sulfide) groups is 1. The summed E-state index contributed by atoms with van der Waals surface area (Å²) in [6.45, 7) is 2.48. The normalized spacial score (nSPS) is 19.8. The molecule has 0 atom stereocenters. The van der Waals surface area contributed by atoms with Gasteiger partial charge in [0.25, 0.3) is 5.91 Å². The molecule has 2 aromatic carbocycles. The van der Waals surface area contributed by atoms with Gasteiger partial charge in [0.1, 0.15) is 5.82 Å². The summed E-state index contributed by atoms with van der Waals surface area (Å²) in [5.74, 6) is -0.631. The van der Waals surface area contributed by atoms with Gasteiger partial charge < -0.3 is 15.0 Å². The molecule has 2 heterocycles. The second-order valence-corrected chi connectivity index (χ2v) is 8.18.